The smallest absolute Gasteiger partial charge is 0.211 e. The van der Waals surface area contributed by atoms with Gasteiger partial charge in [-0.15, -0.1) is 0 Å². The second-order valence-electron chi connectivity index (χ2n) is 3.33. The van der Waals surface area contributed by atoms with Gasteiger partial charge in [0.15, 0.2) is 0 Å². The zero-order chi connectivity index (χ0) is 11.1. The molecule has 2 heteroatoms. The second-order valence-corrected chi connectivity index (χ2v) is 3.33. The number of nitrogens with zero attached hydrogens (tertiary/aromatic N) is 1. The van der Waals surface area contributed by atoms with E-state index in [0.29, 0.717) is 12.5 Å². The average molecular weight is 203 g/mol. The van der Waals surface area contributed by atoms with Crippen molar-refractivity contribution in [1.29, 1.82) is 0 Å². The first-order valence-corrected chi connectivity index (χ1v) is 5.11. The highest BCUT2D eigenvalue weighted by atomic mass is 16.5. The zero-order valence-corrected chi connectivity index (χ0v) is 9.36. The Labute approximate surface area is 91.3 Å². The van der Waals surface area contributed by atoms with Gasteiger partial charge in [0.2, 0.25) is 5.90 Å². The van der Waals surface area contributed by atoms with Crippen molar-refractivity contribution in [3.63, 3.8) is 0 Å². The molecule has 0 aliphatic heterocycles. The highest BCUT2D eigenvalue weighted by Gasteiger charge is 2.00. The lowest BCUT2D eigenvalue weighted by Crippen LogP contribution is -2.06. The van der Waals surface area contributed by atoms with Crippen LogP contribution < -0.4 is 0 Å². The van der Waals surface area contributed by atoms with Crippen LogP contribution in [-0.2, 0) is 11.3 Å². The van der Waals surface area contributed by atoms with E-state index in [1.54, 1.807) is 0 Å². The number of rotatable bonds is 4. The fourth-order valence-electron chi connectivity index (χ4n) is 1.17. The van der Waals surface area contributed by atoms with Crippen molar-refractivity contribution in [3.8, 4) is 0 Å². The van der Waals surface area contributed by atoms with E-state index in [1.807, 2.05) is 44.2 Å². The molecule has 0 heterocycles. The molecule has 0 aliphatic rings. The number of benzene rings is 1. The average Bonchev–Trinajstić information content (AvgIpc) is 2.25. The first-order valence-electron chi connectivity index (χ1n) is 5.11. The summed E-state index contributed by atoms with van der Waals surface area (Å²) in [6.07, 6.45) is 0. The standard InChI is InChI=1S/C13H17NO/c1-4-14-13(11(2)3)15-10-12-8-6-5-7-9-12/h5-9H,2,4,10H2,1,3H3. The summed E-state index contributed by atoms with van der Waals surface area (Å²) in [5.74, 6) is 0.654. The molecule has 0 aliphatic carbocycles. The fraction of sp³-hybridized carbons (Fsp3) is 0.308. The summed E-state index contributed by atoms with van der Waals surface area (Å²) >= 11 is 0. The molecule has 0 atom stereocenters. The second kappa shape index (κ2) is 6.02. The molecule has 0 bridgehead atoms. The van der Waals surface area contributed by atoms with Crippen LogP contribution in [0, 0.1) is 0 Å². The summed E-state index contributed by atoms with van der Waals surface area (Å²) in [4.78, 5) is 4.23. The van der Waals surface area contributed by atoms with Crippen LogP contribution >= 0.6 is 0 Å². The van der Waals surface area contributed by atoms with E-state index in [-0.39, 0.29) is 0 Å². The minimum Gasteiger partial charge on any atom is -0.473 e. The van der Waals surface area contributed by atoms with Crippen LogP contribution in [0.5, 0.6) is 0 Å². The van der Waals surface area contributed by atoms with E-state index in [0.717, 1.165) is 17.7 Å². The van der Waals surface area contributed by atoms with E-state index in [2.05, 4.69) is 11.6 Å². The summed E-state index contributed by atoms with van der Waals surface area (Å²) in [6.45, 7) is 8.98. The van der Waals surface area contributed by atoms with E-state index < -0.39 is 0 Å². The minimum absolute atomic E-state index is 0.548. The molecule has 2 nitrogen and oxygen atoms in total. The third-order valence-corrected chi connectivity index (χ3v) is 1.89. The normalized spacial score (nSPS) is 11.2. The zero-order valence-electron chi connectivity index (χ0n) is 9.36. The lowest BCUT2D eigenvalue weighted by Gasteiger charge is -2.08. The van der Waals surface area contributed by atoms with Crippen LogP contribution in [0.15, 0.2) is 47.5 Å². The fourth-order valence-corrected chi connectivity index (χ4v) is 1.17. The largest absolute Gasteiger partial charge is 0.473 e. The maximum absolute atomic E-state index is 5.58. The summed E-state index contributed by atoms with van der Waals surface area (Å²) < 4.78 is 5.58. The van der Waals surface area contributed by atoms with Crippen molar-refractivity contribution in [2.75, 3.05) is 6.54 Å². The quantitative estimate of drug-likeness (QED) is 0.544. The van der Waals surface area contributed by atoms with Crippen molar-refractivity contribution in [2.24, 2.45) is 4.99 Å². The summed E-state index contributed by atoms with van der Waals surface area (Å²) in [5.41, 5.74) is 2.01. The molecule has 0 unspecified atom stereocenters. The minimum atomic E-state index is 0.548. The van der Waals surface area contributed by atoms with E-state index in [4.69, 9.17) is 4.74 Å². The third kappa shape index (κ3) is 3.98. The maximum atomic E-state index is 5.58. The van der Waals surface area contributed by atoms with Gasteiger partial charge in [0.1, 0.15) is 6.61 Å². The van der Waals surface area contributed by atoms with Gasteiger partial charge in [-0.25, -0.2) is 0 Å². The molecule has 80 valence electrons. The Balaban J connectivity index is 2.55. The summed E-state index contributed by atoms with van der Waals surface area (Å²) in [6, 6.07) is 10.0. The summed E-state index contributed by atoms with van der Waals surface area (Å²) in [5, 5.41) is 0. The van der Waals surface area contributed by atoms with E-state index in [1.165, 1.54) is 0 Å². The molecule has 0 radical (unpaired) electrons. The van der Waals surface area contributed by atoms with Crippen LogP contribution in [0.4, 0.5) is 0 Å². The Morgan fingerprint density at radius 3 is 2.53 bits per heavy atom. The highest BCUT2D eigenvalue weighted by Crippen LogP contribution is 2.04. The van der Waals surface area contributed by atoms with Crippen LogP contribution in [0.25, 0.3) is 0 Å². The van der Waals surface area contributed by atoms with Gasteiger partial charge in [-0.05, 0) is 19.4 Å². The van der Waals surface area contributed by atoms with Gasteiger partial charge in [-0.3, -0.25) is 4.99 Å². The molecule has 0 amide bonds. The Kier molecular flexibility index (Phi) is 4.61. The molecular weight excluding hydrogens is 186 g/mol. The van der Waals surface area contributed by atoms with Gasteiger partial charge in [0.25, 0.3) is 0 Å². The number of aliphatic imine (C=N–C) groups is 1. The van der Waals surface area contributed by atoms with Gasteiger partial charge in [-0.1, -0.05) is 36.9 Å². The SMILES string of the molecule is C=C(C)C(=NCC)OCc1ccccc1. The lowest BCUT2D eigenvalue weighted by atomic mass is 10.2. The molecule has 0 saturated carbocycles. The molecule has 1 aromatic carbocycles. The molecule has 0 spiro atoms. The molecule has 0 aromatic heterocycles. The molecule has 1 rings (SSSR count). The van der Waals surface area contributed by atoms with E-state index >= 15 is 0 Å². The molecule has 15 heavy (non-hydrogen) atoms. The molecule has 0 saturated heterocycles. The molecule has 1 aromatic rings. The first kappa shape index (κ1) is 11.5. The van der Waals surface area contributed by atoms with E-state index in [9.17, 15) is 0 Å². The van der Waals surface area contributed by atoms with Gasteiger partial charge in [0, 0.05) is 12.1 Å². The van der Waals surface area contributed by atoms with Crippen LogP contribution in [0.3, 0.4) is 0 Å². The Morgan fingerprint density at radius 1 is 1.33 bits per heavy atom. The van der Waals surface area contributed by atoms with Gasteiger partial charge >= 0.3 is 0 Å². The maximum Gasteiger partial charge on any atom is 0.211 e. The van der Waals surface area contributed by atoms with Gasteiger partial charge < -0.3 is 4.74 Å². The van der Waals surface area contributed by atoms with Crippen LogP contribution in [0.2, 0.25) is 0 Å². The third-order valence-electron chi connectivity index (χ3n) is 1.89. The van der Waals surface area contributed by atoms with Crippen molar-refractivity contribution < 1.29 is 4.74 Å². The predicted molar refractivity (Wildman–Crippen MR) is 64.0 cm³/mol. The highest BCUT2D eigenvalue weighted by molar-refractivity contribution is 5.92. The number of hydrogen-bond donors (Lipinski definition) is 0. The molecule has 0 fully saturated rings. The number of hydrogen-bond acceptors (Lipinski definition) is 2. The van der Waals surface area contributed by atoms with Crippen molar-refractivity contribution >= 4 is 5.90 Å². The Bertz CT molecular complexity index is 341. The lowest BCUT2D eigenvalue weighted by molar-refractivity contribution is 0.292. The molecular formula is C13H17NO. The Hall–Kier alpha value is -1.57. The van der Waals surface area contributed by atoms with Crippen molar-refractivity contribution in [2.45, 2.75) is 20.5 Å². The monoisotopic (exact) mass is 203 g/mol. The van der Waals surface area contributed by atoms with Gasteiger partial charge in [-0.2, -0.15) is 0 Å². The van der Waals surface area contributed by atoms with Crippen molar-refractivity contribution in [1.82, 2.24) is 0 Å². The van der Waals surface area contributed by atoms with Gasteiger partial charge in [0.05, 0.1) is 0 Å². The predicted octanol–water partition coefficient (Wildman–Crippen LogP) is 3.20. The topological polar surface area (TPSA) is 21.6 Å². The van der Waals surface area contributed by atoms with Crippen LogP contribution in [-0.4, -0.2) is 12.4 Å². The van der Waals surface area contributed by atoms with Crippen molar-refractivity contribution in [3.05, 3.63) is 48.0 Å². The first-order chi connectivity index (χ1) is 7.24. The van der Waals surface area contributed by atoms with Crippen LogP contribution in [0.1, 0.15) is 19.4 Å². The number of ether oxygens (including phenoxy) is 1. The summed E-state index contributed by atoms with van der Waals surface area (Å²) in [7, 11) is 0. The molecule has 0 N–H and O–H groups in total. The Morgan fingerprint density at radius 2 is 2.00 bits per heavy atom.